The summed E-state index contributed by atoms with van der Waals surface area (Å²) in [5.74, 6) is -0.750. The predicted molar refractivity (Wildman–Crippen MR) is 130 cm³/mol. The summed E-state index contributed by atoms with van der Waals surface area (Å²) < 4.78 is 11.7. The summed E-state index contributed by atoms with van der Waals surface area (Å²) in [6.07, 6.45) is 3.91. The van der Waals surface area contributed by atoms with Crippen molar-refractivity contribution in [3.63, 3.8) is 0 Å². The Balaban J connectivity index is 1.29. The number of piperidine rings is 2. The second kappa shape index (κ2) is 11.7. The quantitative estimate of drug-likeness (QED) is 0.550. The van der Waals surface area contributed by atoms with Crippen molar-refractivity contribution in [2.75, 3.05) is 51.3 Å². The molecule has 36 heavy (non-hydrogen) atoms. The van der Waals surface area contributed by atoms with Crippen molar-refractivity contribution in [2.45, 2.75) is 50.7 Å². The number of carbonyl (C=O) groups excluding carboxylic acids is 3. The summed E-state index contributed by atoms with van der Waals surface area (Å²) in [6, 6.07) is 4.49. The number of nitrogens with zero attached hydrogens (tertiary/aromatic N) is 3. The molecular weight excluding hydrogens is 468 g/mol. The summed E-state index contributed by atoms with van der Waals surface area (Å²) in [7, 11) is 1.50. The van der Waals surface area contributed by atoms with E-state index in [1.165, 1.54) is 12.0 Å². The highest BCUT2D eigenvalue weighted by Gasteiger charge is 2.30. The van der Waals surface area contributed by atoms with E-state index in [1.54, 1.807) is 23.1 Å². The van der Waals surface area contributed by atoms with Crippen LogP contribution >= 0.6 is 0 Å². The van der Waals surface area contributed by atoms with Crippen molar-refractivity contribution in [3.05, 3.63) is 23.8 Å². The average molecular weight is 503 g/mol. The number of hydrogen-bond donors (Lipinski definition) is 2. The van der Waals surface area contributed by atoms with Gasteiger partial charge in [-0.3, -0.25) is 24.6 Å². The van der Waals surface area contributed by atoms with Gasteiger partial charge >= 0.3 is 12.0 Å². The molecule has 0 bridgehead atoms. The third kappa shape index (κ3) is 6.33. The highest BCUT2D eigenvalue weighted by molar-refractivity contribution is 6.07. The van der Waals surface area contributed by atoms with Gasteiger partial charge in [0.1, 0.15) is 5.75 Å². The number of amides is 4. The molecule has 0 radical (unpaired) electrons. The maximum atomic E-state index is 13.2. The van der Waals surface area contributed by atoms with Crippen molar-refractivity contribution in [1.82, 2.24) is 15.1 Å². The number of urea groups is 1. The highest BCUT2D eigenvalue weighted by Crippen LogP contribution is 2.31. The minimum atomic E-state index is -0.769. The molecule has 196 valence electrons. The summed E-state index contributed by atoms with van der Waals surface area (Å²) in [4.78, 5) is 53.2. The molecule has 0 saturated carbocycles. The number of likely N-dealkylation sites (tertiary alicyclic amines) is 2. The molecule has 3 fully saturated rings. The first kappa shape index (κ1) is 25.9. The Morgan fingerprint density at radius 3 is 2.31 bits per heavy atom. The Labute approximate surface area is 210 Å². The van der Waals surface area contributed by atoms with Crippen molar-refractivity contribution in [2.24, 2.45) is 0 Å². The van der Waals surface area contributed by atoms with Crippen LogP contribution in [0, 0.1) is 0 Å². The number of methoxy groups -OCH3 is 1. The third-order valence-corrected chi connectivity index (χ3v) is 7.06. The number of aliphatic carboxylic acids is 1. The lowest BCUT2D eigenvalue weighted by Crippen LogP contribution is -2.49. The third-order valence-electron chi connectivity index (χ3n) is 7.06. The maximum Gasteiger partial charge on any atom is 0.328 e. The molecule has 11 heteroatoms. The number of carboxylic acids is 1. The molecule has 0 unspecified atom stereocenters. The van der Waals surface area contributed by atoms with Crippen LogP contribution in [-0.2, 0) is 14.3 Å². The van der Waals surface area contributed by atoms with Crippen LogP contribution in [0.5, 0.6) is 5.75 Å². The van der Waals surface area contributed by atoms with Crippen LogP contribution in [0.2, 0.25) is 0 Å². The molecule has 0 atom stereocenters. The van der Waals surface area contributed by atoms with Gasteiger partial charge in [0.25, 0.3) is 5.91 Å². The zero-order valence-electron chi connectivity index (χ0n) is 20.6. The molecule has 0 aliphatic carbocycles. The van der Waals surface area contributed by atoms with Gasteiger partial charge in [-0.2, -0.15) is 0 Å². The lowest BCUT2D eigenvalue weighted by Gasteiger charge is -2.37. The van der Waals surface area contributed by atoms with Gasteiger partial charge in [-0.05, 0) is 43.9 Å². The van der Waals surface area contributed by atoms with E-state index in [-0.39, 0.29) is 43.4 Å². The Bertz CT molecular complexity index is 985. The fourth-order valence-corrected chi connectivity index (χ4v) is 5.00. The van der Waals surface area contributed by atoms with Crippen molar-refractivity contribution < 1.29 is 33.8 Å². The minimum absolute atomic E-state index is 0.102. The van der Waals surface area contributed by atoms with Gasteiger partial charge < -0.3 is 24.4 Å². The molecule has 3 aliphatic heterocycles. The lowest BCUT2D eigenvalue weighted by molar-refractivity contribution is -0.137. The molecule has 0 spiro atoms. The molecular formula is C25H34N4O7. The maximum absolute atomic E-state index is 13.2. The first-order chi connectivity index (χ1) is 17.3. The zero-order valence-corrected chi connectivity index (χ0v) is 20.6. The Morgan fingerprint density at radius 2 is 1.69 bits per heavy atom. The molecule has 4 rings (SSSR count). The number of benzene rings is 1. The Kier molecular flexibility index (Phi) is 8.42. The molecule has 1 aromatic rings. The van der Waals surface area contributed by atoms with Crippen LogP contribution in [0.3, 0.4) is 0 Å². The molecule has 4 amide bonds. The number of ether oxygens (including phenoxy) is 2. The molecule has 0 aromatic heterocycles. The second-order valence-electron chi connectivity index (χ2n) is 9.45. The number of carbonyl (C=O) groups is 4. The van der Waals surface area contributed by atoms with Crippen LogP contribution in [0.15, 0.2) is 18.2 Å². The van der Waals surface area contributed by atoms with E-state index in [1.807, 2.05) is 0 Å². The molecule has 1 aromatic carbocycles. The van der Waals surface area contributed by atoms with Gasteiger partial charge in [-0.15, -0.1) is 0 Å². The molecule has 3 heterocycles. The van der Waals surface area contributed by atoms with Crippen molar-refractivity contribution in [1.29, 1.82) is 0 Å². The van der Waals surface area contributed by atoms with E-state index >= 15 is 0 Å². The van der Waals surface area contributed by atoms with E-state index in [9.17, 15) is 19.2 Å². The van der Waals surface area contributed by atoms with Crippen LogP contribution in [0.25, 0.3) is 0 Å². The molecule has 11 nitrogen and oxygen atoms in total. The van der Waals surface area contributed by atoms with Gasteiger partial charge in [-0.1, -0.05) is 0 Å². The number of carboxylic acid groups (broad SMARTS) is 1. The summed E-state index contributed by atoms with van der Waals surface area (Å²) >= 11 is 0. The molecule has 3 aliphatic rings. The summed E-state index contributed by atoms with van der Waals surface area (Å²) in [5, 5.41) is 11.1. The highest BCUT2D eigenvalue weighted by atomic mass is 16.5. The second-order valence-corrected chi connectivity index (χ2v) is 9.45. The first-order valence-electron chi connectivity index (χ1n) is 12.5. The lowest BCUT2D eigenvalue weighted by atomic mass is 10.0. The monoisotopic (exact) mass is 502 g/mol. The number of hydrogen-bond acceptors (Lipinski definition) is 7. The van der Waals surface area contributed by atoms with Crippen LogP contribution in [0.1, 0.15) is 48.9 Å². The topological polar surface area (TPSA) is 129 Å². The van der Waals surface area contributed by atoms with Gasteiger partial charge in [0, 0.05) is 51.3 Å². The number of nitrogens with one attached hydrogen (secondary N) is 1. The van der Waals surface area contributed by atoms with E-state index in [0.29, 0.717) is 36.6 Å². The van der Waals surface area contributed by atoms with Crippen molar-refractivity contribution in [3.8, 4) is 5.75 Å². The first-order valence-corrected chi connectivity index (χ1v) is 12.5. The zero-order chi connectivity index (χ0) is 25.7. The van der Waals surface area contributed by atoms with Gasteiger partial charge in [0.05, 0.1) is 31.4 Å². The van der Waals surface area contributed by atoms with E-state index in [2.05, 4.69) is 10.2 Å². The van der Waals surface area contributed by atoms with Crippen molar-refractivity contribution >= 4 is 29.5 Å². The standard InChI is InChI=1S/C25H34N4O7/c1-35-21-3-2-17(16-20(21)29-15-8-22(30)26-25(29)34)24(33)28-13-6-19(7-14-28)36-18-4-10-27(11-5-18)12-9-23(31)32/h2-3,16,18-19H,4-15H2,1H3,(H,31,32)(H,26,30,34). The SMILES string of the molecule is COc1ccc(C(=O)N2CCC(OC3CCN(CCC(=O)O)CC3)CC2)cc1N1CCC(=O)NC1=O. The summed E-state index contributed by atoms with van der Waals surface area (Å²) in [6.45, 7) is 3.66. The largest absolute Gasteiger partial charge is 0.495 e. The Morgan fingerprint density at radius 1 is 1.03 bits per heavy atom. The minimum Gasteiger partial charge on any atom is -0.495 e. The summed E-state index contributed by atoms with van der Waals surface area (Å²) in [5.41, 5.74) is 0.921. The van der Waals surface area contributed by atoms with E-state index in [0.717, 1.165) is 38.8 Å². The molecule has 3 saturated heterocycles. The fraction of sp³-hybridized carbons (Fsp3) is 0.600. The normalized spacial score (nSPS) is 20.4. The number of imide groups is 1. The number of rotatable bonds is 8. The molecule has 2 N–H and O–H groups in total. The van der Waals surface area contributed by atoms with E-state index < -0.39 is 12.0 Å². The number of anilines is 1. The van der Waals surface area contributed by atoms with Crippen LogP contribution in [-0.4, -0.2) is 97.3 Å². The van der Waals surface area contributed by atoms with Crippen LogP contribution in [0.4, 0.5) is 10.5 Å². The smallest absolute Gasteiger partial charge is 0.328 e. The van der Waals surface area contributed by atoms with Gasteiger partial charge in [0.2, 0.25) is 5.91 Å². The van der Waals surface area contributed by atoms with E-state index in [4.69, 9.17) is 14.6 Å². The Hall–Kier alpha value is -3.18. The predicted octanol–water partition coefficient (Wildman–Crippen LogP) is 1.70. The average Bonchev–Trinajstić information content (AvgIpc) is 2.88. The van der Waals surface area contributed by atoms with Gasteiger partial charge in [-0.25, -0.2) is 4.79 Å². The fourth-order valence-electron chi connectivity index (χ4n) is 5.00. The van der Waals surface area contributed by atoms with Gasteiger partial charge in [0.15, 0.2) is 0 Å². The van der Waals surface area contributed by atoms with Crippen LogP contribution < -0.4 is 15.0 Å².